The van der Waals surface area contributed by atoms with E-state index in [-0.39, 0.29) is 17.2 Å². The highest BCUT2D eigenvalue weighted by atomic mass is 32.2. The number of carbonyl (C=O) groups excluding carboxylic acids is 1. The average Bonchev–Trinajstić information content (AvgIpc) is 3.12. The summed E-state index contributed by atoms with van der Waals surface area (Å²) in [5.41, 5.74) is 8.79. The van der Waals surface area contributed by atoms with Gasteiger partial charge in [-0.1, -0.05) is 66.2 Å². The molecule has 1 aromatic heterocycles. The van der Waals surface area contributed by atoms with E-state index in [1.165, 1.54) is 22.9 Å². The van der Waals surface area contributed by atoms with Crippen LogP contribution >= 0.6 is 11.8 Å². The van der Waals surface area contributed by atoms with Crippen molar-refractivity contribution in [3.05, 3.63) is 70.5 Å². The van der Waals surface area contributed by atoms with E-state index in [1.54, 1.807) is 0 Å². The number of hydrogen-bond donors (Lipinski definition) is 2. The first-order valence-electron chi connectivity index (χ1n) is 9.78. The Morgan fingerprint density at radius 1 is 1.10 bits per heavy atom. The van der Waals surface area contributed by atoms with Gasteiger partial charge in [0, 0.05) is 12.1 Å². The molecular weight excluding hydrogens is 382 g/mol. The third kappa shape index (κ3) is 3.87. The summed E-state index contributed by atoms with van der Waals surface area (Å²) in [5, 5.41) is 12.0. The predicted molar refractivity (Wildman–Crippen MR) is 117 cm³/mol. The molecule has 2 heterocycles. The summed E-state index contributed by atoms with van der Waals surface area (Å²) in [7, 11) is 0. The lowest BCUT2D eigenvalue weighted by molar-refractivity contribution is -0.116. The third-order valence-electron chi connectivity index (χ3n) is 5.15. The van der Waals surface area contributed by atoms with Crippen LogP contribution in [0, 0.1) is 20.8 Å². The fourth-order valence-corrected chi connectivity index (χ4v) is 4.61. The van der Waals surface area contributed by atoms with Gasteiger partial charge in [-0.15, -0.1) is 10.2 Å². The van der Waals surface area contributed by atoms with Crippen molar-refractivity contribution in [2.75, 3.05) is 10.7 Å². The van der Waals surface area contributed by atoms with Gasteiger partial charge in [-0.3, -0.25) is 4.79 Å². The molecule has 0 radical (unpaired) electrons. The highest BCUT2D eigenvalue weighted by Gasteiger charge is 2.37. The van der Waals surface area contributed by atoms with Gasteiger partial charge in [0.2, 0.25) is 11.1 Å². The number of anilines is 1. The SMILES string of the molecule is CCc1nnc2n1N[C@H](c1ccc(C)cc1)[C@H](C(=O)Nc1ccc(C)cc1C)S2. The van der Waals surface area contributed by atoms with E-state index < -0.39 is 0 Å². The zero-order valence-corrected chi connectivity index (χ0v) is 17.9. The fourth-order valence-electron chi connectivity index (χ4n) is 3.51. The van der Waals surface area contributed by atoms with Crippen LogP contribution in [0.15, 0.2) is 47.6 Å². The number of nitrogens with one attached hydrogen (secondary N) is 2. The zero-order chi connectivity index (χ0) is 20.5. The molecule has 1 aliphatic heterocycles. The number of benzene rings is 2. The van der Waals surface area contributed by atoms with Crippen molar-refractivity contribution in [3.8, 4) is 0 Å². The number of hydrogen-bond acceptors (Lipinski definition) is 5. The van der Waals surface area contributed by atoms with Crippen molar-refractivity contribution in [1.29, 1.82) is 0 Å². The van der Waals surface area contributed by atoms with E-state index in [2.05, 4.69) is 58.2 Å². The first-order valence-corrected chi connectivity index (χ1v) is 10.7. The van der Waals surface area contributed by atoms with E-state index >= 15 is 0 Å². The van der Waals surface area contributed by atoms with Crippen molar-refractivity contribution < 1.29 is 4.79 Å². The van der Waals surface area contributed by atoms with E-state index in [1.807, 2.05) is 37.6 Å². The van der Waals surface area contributed by atoms with Crippen molar-refractivity contribution in [3.63, 3.8) is 0 Å². The van der Waals surface area contributed by atoms with E-state index in [0.29, 0.717) is 5.16 Å². The molecule has 0 spiro atoms. The van der Waals surface area contributed by atoms with E-state index in [0.717, 1.165) is 29.1 Å². The van der Waals surface area contributed by atoms with Crippen molar-refractivity contribution in [1.82, 2.24) is 14.9 Å². The Bertz CT molecular complexity index is 1040. The summed E-state index contributed by atoms with van der Waals surface area (Å²) < 4.78 is 1.91. The molecule has 2 N–H and O–H groups in total. The molecule has 6 nitrogen and oxygen atoms in total. The lowest BCUT2D eigenvalue weighted by Gasteiger charge is -2.33. The molecular formula is C22H25N5OS. The Kier molecular flexibility index (Phi) is 5.32. The van der Waals surface area contributed by atoms with Crippen LogP contribution < -0.4 is 10.7 Å². The molecule has 7 heteroatoms. The molecule has 3 aromatic rings. The van der Waals surface area contributed by atoms with Gasteiger partial charge in [0.25, 0.3) is 0 Å². The standard InChI is InChI=1S/C22H25N5OS/c1-5-18-24-25-22-27(18)26-19(16-9-6-13(2)7-10-16)20(29-22)21(28)23-17-11-8-14(3)12-15(17)4/h6-12,19-20,26H,5H2,1-4H3,(H,23,28)/t19-,20-/m1/s1. The van der Waals surface area contributed by atoms with Crippen LogP contribution in [0.25, 0.3) is 0 Å². The topological polar surface area (TPSA) is 71.8 Å². The van der Waals surface area contributed by atoms with Gasteiger partial charge in [0.05, 0.1) is 6.04 Å². The molecule has 1 amide bonds. The third-order valence-corrected chi connectivity index (χ3v) is 6.37. The highest BCUT2D eigenvalue weighted by molar-refractivity contribution is 8.00. The van der Waals surface area contributed by atoms with Crippen molar-refractivity contribution >= 4 is 23.4 Å². The Morgan fingerprint density at radius 3 is 2.52 bits per heavy atom. The fraction of sp³-hybridized carbons (Fsp3) is 0.318. The number of thioether (sulfide) groups is 1. The molecule has 1 aliphatic rings. The van der Waals surface area contributed by atoms with Gasteiger partial charge in [0.1, 0.15) is 5.25 Å². The van der Waals surface area contributed by atoms with Gasteiger partial charge in [0.15, 0.2) is 5.82 Å². The predicted octanol–water partition coefficient (Wildman–Crippen LogP) is 4.16. The normalized spacial score (nSPS) is 18.1. The molecule has 0 fully saturated rings. The van der Waals surface area contributed by atoms with Gasteiger partial charge >= 0.3 is 0 Å². The maximum Gasteiger partial charge on any atom is 0.240 e. The molecule has 150 valence electrons. The first kappa shape index (κ1) is 19.5. The minimum absolute atomic E-state index is 0.0488. The Hall–Kier alpha value is -2.80. The van der Waals surface area contributed by atoms with Crippen LogP contribution in [0.1, 0.15) is 41.0 Å². The second kappa shape index (κ2) is 7.91. The number of aryl methyl sites for hydroxylation is 4. The second-order valence-corrected chi connectivity index (χ2v) is 8.56. The number of carbonyl (C=O) groups is 1. The van der Waals surface area contributed by atoms with E-state index in [9.17, 15) is 4.79 Å². The molecule has 0 saturated heterocycles. The number of aromatic nitrogens is 3. The van der Waals surface area contributed by atoms with Crippen molar-refractivity contribution in [2.24, 2.45) is 0 Å². The molecule has 0 aliphatic carbocycles. The first-order chi connectivity index (χ1) is 14.0. The Morgan fingerprint density at radius 2 is 1.83 bits per heavy atom. The lowest BCUT2D eigenvalue weighted by Crippen LogP contribution is -2.41. The largest absolute Gasteiger partial charge is 0.325 e. The summed E-state index contributed by atoms with van der Waals surface area (Å²) in [5.74, 6) is 0.810. The molecule has 2 aromatic carbocycles. The van der Waals surface area contributed by atoms with Crippen molar-refractivity contribution in [2.45, 2.75) is 50.6 Å². The quantitative estimate of drug-likeness (QED) is 0.679. The molecule has 4 rings (SSSR count). The van der Waals surface area contributed by atoms with Gasteiger partial charge in [-0.25, -0.2) is 4.68 Å². The molecule has 0 saturated carbocycles. The molecule has 2 atom stereocenters. The summed E-state index contributed by atoms with van der Waals surface area (Å²) in [6, 6.07) is 14.1. The number of rotatable bonds is 4. The summed E-state index contributed by atoms with van der Waals surface area (Å²) in [4.78, 5) is 13.3. The lowest BCUT2D eigenvalue weighted by atomic mass is 10.0. The van der Waals surface area contributed by atoms with Gasteiger partial charge < -0.3 is 10.7 Å². The van der Waals surface area contributed by atoms with Crippen LogP contribution in [0.5, 0.6) is 0 Å². The second-order valence-electron chi connectivity index (χ2n) is 7.45. The molecule has 29 heavy (non-hydrogen) atoms. The minimum Gasteiger partial charge on any atom is -0.325 e. The van der Waals surface area contributed by atoms with Crippen LogP contribution in [0.3, 0.4) is 0 Å². The maximum atomic E-state index is 13.3. The monoisotopic (exact) mass is 407 g/mol. The van der Waals surface area contributed by atoms with Crippen LogP contribution in [0.2, 0.25) is 0 Å². The van der Waals surface area contributed by atoms with Gasteiger partial charge in [-0.05, 0) is 38.0 Å². The maximum absolute atomic E-state index is 13.3. The molecule has 0 bridgehead atoms. The number of amides is 1. The Labute approximate surface area is 175 Å². The van der Waals surface area contributed by atoms with Crippen LogP contribution in [0.4, 0.5) is 5.69 Å². The summed E-state index contributed by atoms with van der Waals surface area (Å²) >= 11 is 1.45. The van der Waals surface area contributed by atoms with Gasteiger partial charge in [-0.2, -0.15) is 0 Å². The minimum atomic E-state index is -0.375. The summed E-state index contributed by atoms with van der Waals surface area (Å²) in [6.45, 7) is 8.16. The van der Waals surface area contributed by atoms with Crippen LogP contribution in [-0.2, 0) is 11.2 Å². The smallest absolute Gasteiger partial charge is 0.240 e. The average molecular weight is 408 g/mol. The number of nitrogens with zero attached hydrogens (tertiary/aromatic N) is 3. The summed E-state index contributed by atoms with van der Waals surface area (Å²) in [6.07, 6.45) is 0.764. The Balaban J connectivity index is 1.67. The zero-order valence-electron chi connectivity index (χ0n) is 17.1. The number of fused-ring (bicyclic) bond motifs is 1. The highest BCUT2D eigenvalue weighted by Crippen LogP contribution is 2.37. The van der Waals surface area contributed by atoms with E-state index in [4.69, 9.17) is 0 Å². The molecule has 0 unspecified atom stereocenters. The van der Waals surface area contributed by atoms with Crippen LogP contribution in [-0.4, -0.2) is 26.0 Å².